The lowest BCUT2D eigenvalue weighted by molar-refractivity contribution is -0.382. The average molecular weight is 1020 g/mol. The minimum absolute atomic E-state index is 0.857. The van der Waals surface area contributed by atoms with Gasteiger partial charge >= 0.3 is 0 Å². The van der Waals surface area contributed by atoms with E-state index in [0.29, 0.717) is 0 Å². The number of ether oxygens (including phenoxy) is 10. The third-order valence-electron chi connectivity index (χ3n) is 12.4. The minimum atomic E-state index is -2.27. The van der Waals surface area contributed by atoms with Gasteiger partial charge in [0.1, 0.15) is 140 Å². The third kappa shape index (κ3) is 13.0. The van der Waals surface area contributed by atoms with Crippen LogP contribution in [0.15, 0.2) is 0 Å². The van der Waals surface area contributed by atoms with Crippen molar-refractivity contribution < 1.29 is 149 Å². The Labute approximate surface area is 391 Å². The van der Waals surface area contributed by atoms with E-state index in [9.17, 15) is 102 Å². The second kappa shape index (κ2) is 25.5. The zero-order valence-corrected chi connectivity index (χ0v) is 37.0. The van der Waals surface area contributed by atoms with E-state index >= 15 is 0 Å². The maximum absolute atomic E-state index is 12.9. The monoisotopic (exact) mass is 1020 g/mol. The Kier molecular flexibility index (Phi) is 21.5. The lowest BCUT2D eigenvalue weighted by Gasteiger charge is -2.50. The summed E-state index contributed by atoms with van der Waals surface area (Å²) in [5.74, 6) is -0.857. The van der Waals surface area contributed by atoms with Crippen LogP contribution in [0.1, 0.15) is 13.8 Å². The number of aliphatic hydroxyl groups excluding tert-OH is 19. The first-order chi connectivity index (χ1) is 32.5. The number of hydrogen-bond donors (Lipinski definition) is 20. The van der Waals surface area contributed by atoms with Crippen LogP contribution >= 0.6 is 0 Å². The highest BCUT2D eigenvalue weighted by Crippen LogP contribution is 2.36. The van der Waals surface area contributed by atoms with Gasteiger partial charge in [-0.15, -0.1) is 0 Å². The van der Waals surface area contributed by atoms with Gasteiger partial charge in [0, 0.05) is 6.92 Å². The molecule has 0 unspecified atom stereocenters. The maximum Gasteiger partial charge on any atom is 0.217 e. The molecule has 0 bridgehead atoms. The Morgan fingerprint density at radius 1 is 0.493 bits per heavy atom. The molecule has 5 rings (SSSR count). The van der Waals surface area contributed by atoms with Gasteiger partial charge < -0.3 is 150 Å². The van der Waals surface area contributed by atoms with E-state index < -0.39 is 223 Å². The Hall–Kier alpha value is -1.69. The number of amides is 1. The van der Waals surface area contributed by atoms with Gasteiger partial charge in [-0.3, -0.25) is 4.79 Å². The lowest BCUT2D eigenvalue weighted by atomic mass is 9.94. The maximum atomic E-state index is 12.9. The van der Waals surface area contributed by atoms with E-state index in [1.165, 1.54) is 6.92 Å². The van der Waals surface area contributed by atoms with Crippen LogP contribution in [0.4, 0.5) is 0 Å². The molecule has 29 atom stereocenters. The molecule has 5 heterocycles. The summed E-state index contributed by atoms with van der Waals surface area (Å²) in [7, 11) is 0. The number of carbonyl (C=O) groups is 1. The molecule has 0 radical (unpaired) electrons. The second-order valence-electron chi connectivity index (χ2n) is 17.3. The van der Waals surface area contributed by atoms with Gasteiger partial charge in [0.05, 0.1) is 45.7 Å². The second-order valence-corrected chi connectivity index (χ2v) is 17.3. The molecule has 0 aromatic carbocycles. The van der Waals surface area contributed by atoms with Crippen LogP contribution in [-0.2, 0) is 52.2 Å². The summed E-state index contributed by atoms with van der Waals surface area (Å²) >= 11 is 0. The molecule has 1 amide bonds. The Balaban J connectivity index is 1.51. The number of carbonyl (C=O) groups excluding carboxylic acids is 1. The molecule has 31 heteroatoms. The molecule has 31 nitrogen and oxygen atoms in total. The molecule has 0 aromatic rings. The Morgan fingerprint density at radius 3 is 1.43 bits per heavy atom. The predicted molar refractivity (Wildman–Crippen MR) is 212 cm³/mol. The fourth-order valence-corrected chi connectivity index (χ4v) is 8.34. The predicted octanol–water partition coefficient (Wildman–Crippen LogP) is -13.3. The molecule has 404 valence electrons. The molecule has 69 heavy (non-hydrogen) atoms. The smallest absolute Gasteiger partial charge is 0.217 e. The van der Waals surface area contributed by atoms with E-state index in [4.69, 9.17) is 47.4 Å². The molecule has 0 spiro atoms. The summed E-state index contributed by atoms with van der Waals surface area (Å²) in [6, 6.07) is -1.74. The van der Waals surface area contributed by atoms with Crippen molar-refractivity contribution in [2.24, 2.45) is 0 Å². The van der Waals surface area contributed by atoms with Gasteiger partial charge in [-0.25, -0.2) is 0 Å². The van der Waals surface area contributed by atoms with Crippen molar-refractivity contribution in [2.45, 2.75) is 192 Å². The van der Waals surface area contributed by atoms with Gasteiger partial charge in [0.25, 0.3) is 0 Å². The number of hydrogen-bond acceptors (Lipinski definition) is 30. The van der Waals surface area contributed by atoms with Gasteiger partial charge in [0.15, 0.2) is 31.5 Å². The van der Waals surface area contributed by atoms with Crippen LogP contribution < -0.4 is 5.32 Å². The van der Waals surface area contributed by atoms with E-state index in [0.717, 1.165) is 6.92 Å². The topological polar surface area (TPSA) is 506 Å². The molecule has 5 saturated heterocycles. The van der Waals surface area contributed by atoms with Crippen molar-refractivity contribution >= 4 is 5.91 Å². The molecule has 0 saturated carbocycles. The molecule has 5 fully saturated rings. The van der Waals surface area contributed by atoms with Crippen LogP contribution in [0.2, 0.25) is 0 Å². The van der Waals surface area contributed by atoms with Gasteiger partial charge in [-0.1, -0.05) is 0 Å². The SMILES string of the molecule is CC(=O)N[C@H]1[C@H](OC[C@H]2O[C@@H](O[C@@H]([C@H](O)[C@@H](O)CO)[C@H](O)CO)[C@H](O)[C@@H](O[C@@H]3O[C@H](CO)[C@H](O)[C@H](O)[C@H]3O)[C@H]2O)O[C@H](CO)[C@@H](O[C@@H]2O[C@H](CO)[C@H](O)[C@H](O)[C@H]2O)[C@@H]1O[C@@H]1O[C@@H](C)[C@@H](O)[C@@H](O)[C@@H]1O. The van der Waals surface area contributed by atoms with Crippen molar-refractivity contribution in [2.75, 3.05) is 39.6 Å². The van der Waals surface area contributed by atoms with E-state index in [-0.39, 0.29) is 0 Å². The van der Waals surface area contributed by atoms with Crippen molar-refractivity contribution in [3.05, 3.63) is 0 Å². The van der Waals surface area contributed by atoms with E-state index in [1.807, 2.05) is 0 Å². The zero-order valence-electron chi connectivity index (χ0n) is 37.0. The Morgan fingerprint density at radius 2 is 0.942 bits per heavy atom. The first-order valence-corrected chi connectivity index (χ1v) is 21.9. The summed E-state index contributed by atoms with van der Waals surface area (Å²) in [5, 5.41) is 202. The lowest BCUT2D eigenvalue weighted by Crippen LogP contribution is -2.70. The minimum Gasteiger partial charge on any atom is -0.394 e. The molecular formula is C38H67NO30. The summed E-state index contributed by atoms with van der Waals surface area (Å²) in [6.07, 6.45) is -54.1. The van der Waals surface area contributed by atoms with Crippen LogP contribution in [0.5, 0.6) is 0 Å². The first-order valence-electron chi connectivity index (χ1n) is 21.9. The molecule has 0 aliphatic carbocycles. The van der Waals surface area contributed by atoms with E-state index in [1.54, 1.807) is 0 Å². The fourth-order valence-electron chi connectivity index (χ4n) is 8.34. The van der Waals surface area contributed by atoms with E-state index in [2.05, 4.69) is 5.32 Å². The third-order valence-corrected chi connectivity index (χ3v) is 12.4. The summed E-state index contributed by atoms with van der Waals surface area (Å²) in [6.45, 7) is -3.81. The van der Waals surface area contributed by atoms with Gasteiger partial charge in [-0.05, 0) is 6.92 Å². The van der Waals surface area contributed by atoms with Gasteiger partial charge in [0.2, 0.25) is 5.91 Å². The molecule has 5 aliphatic heterocycles. The van der Waals surface area contributed by atoms with Crippen molar-refractivity contribution in [3.8, 4) is 0 Å². The number of nitrogens with one attached hydrogen (secondary N) is 1. The van der Waals surface area contributed by atoms with Crippen LogP contribution in [0, 0.1) is 0 Å². The highest BCUT2D eigenvalue weighted by molar-refractivity contribution is 5.73. The quantitative estimate of drug-likeness (QED) is 0.0538. The summed E-state index contributed by atoms with van der Waals surface area (Å²) in [4.78, 5) is 12.9. The van der Waals surface area contributed by atoms with Crippen LogP contribution in [0.25, 0.3) is 0 Å². The number of aliphatic hydroxyl groups is 19. The normalized spacial score (nSPS) is 47.2. The molecular weight excluding hydrogens is 950 g/mol. The van der Waals surface area contributed by atoms with Crippen LogP contribution in [0.3, 0.4) is 0 Å². The first kappa shape index (κ1) is 58.2. The van der Waals surface area contributed by atoms with Crippen molar-refractivity contribution in [1.29, 1.82) is 0 Å². The zero-order chi connectivity index (χ0) is 51.3. The largest absolute Gasteiger partial charge is 0.394 e. The standard InChI is InChI=1S/C38H67NO30/c1-9-18(48)23(53)26(56)35(61-9)68-32-17(39-10(2)45)34(64-15(7-44)31(32)67-36-27(57)24(54)20(50)13(5-42)62-36)60-8-16-22(52)33(69-37-28(58)25(55)21(51)14(6-43)63-37)29(59)38(65-16)66-30(12(47)4-41)19(49)11(46)3-40/h9,11-38,40-44,46-59H,3-8H2,1-2H3,(H,39,45)/t9-,11-,12+,13+,14+,15+,16+,17+,18+,19+,20-,21-,22-,23+,24-,25-,26-,27+,28+,29+,30+,31+,32+,33-,34+,35-,36-,37-,38-/m0/s1. The summed E-state index contributed by atoms with van der Waals surface area (Å²) in [5.41, 5.74) is 0. The molecule has 20 N–H and O–H groups in total. The average Bonchev–Trinajstić information content (AvgIpc) is 3.33. The van der Waals surface area contributed by atoms with Crippen molar-refractivity contribution in [3.63, 3.8) is 0 Å². The van der Waals surface area contributed by atoms with Gasteiger partial charge in [-0.2, -0.15) is 0 Å². The molecule has 5 aliphatic rings. The highest BCUT2D eigenvalue weighted by Gasteiger charge is 2.57. The molecule has 0 aromatic heterocycles. The summed E-state index contributed by atoms with van der Waals surface area (Å²) < 4.78 is 57.7. The Bertz CT molecular complexity index is 1560. The number of rotatable bonds is 20. The highest BCUT2D eigenvalue weighted by atomic mass is 16.8. The van der Waals surface area contributed by atoms with Crippen molar-refractivity contribution in [1.82, 2.24) is 5.32 Å². The fraction of sp³-hybridized carbons (Fsp3) is 0.974. The van der Waals surface area contributed by atoms with Crippen LogP contribution in [-0.4, -0.2) is 320 Å².